The molecule has 0 bridgehead atoms. The molecule has 1 saturated heterocycles. The fraction of sp³-hybridized carbons (Fsp3) is 0.923. The average Bonchev–Trinajstić information content (AvgIpc) is 2.28. The van der Waals surface area contributed by atoms with Crippen LogP contribution in [0.3, 0.4) is 0 Å². The minimum atomic E-state index is -0.244. The van der Waals surface area contributed by atoms with E-state index in [9.17, 15) is 4.79 Å². The first-order valence-electron chi connectivity index (χ1n) is 6.57. The van der Waals surface area contributed by atoms with Crippen LogP contribution in [-0.2, 0) is 9.53 Å². The highest BCUT2D eigenvalue weighted by Crippen LogP contribution is 2.34. The summed E-state index contributed by atoms with van der Waals surface area (Å²) in [4.78, 5) is 14.3. The number of hydrogen-bond donors (Lipinski definition) is 1. The van der Waals surface area contributed by atoms with E-state index in [1.165, 1.54) is 0 Å². The van der Waals surface area contributed by atoms with Crippen LogP contribution >= 0.6 is 0 Å². The molecule has 0 aromatic rings. The number of rotatable bonds is 5. The Morgan fingerprint density at radius 1 is 1.41 bits per heavy atom. The van der Waals surface area contributed by atoms with E-state index in [-0.39, 0.29) is 17.5 Å². The Hall–Kier alpha value is -0.610. The topological polar surface area (TPSA) is 41.6 Å². The number of carbonyl (C=O) groups excluding carboxylic acids is 1. The van der Waals surface area contributed by atoms with Crippen molar-refractivity contribution in [2.75, 3.05) is 33.7 Å². The number of nitrogens with one attached hydrogen (secondary N) is 1. The number of esters is 1. The molecule has 17 heavy (non-hydrogen) atoms. The van der Waals surface area contributed by atoms with Crippen LogP contribution in [-0.4, -0.2) is 50.7 Å². The molecule has 1 heterocycles. The zero-order chi connectivity index (χ0) is 12.9. The number of ether oxygens (including phenoxy) is 1. The fourth-order valence-electron chi connectivity index (χ4n) is 2.47. The van der Waals surface area contributed by atoms with Crippen molar-refractivity contribution in [3.8, 4) is 0 Å². The number of piperidine rings is 1. The lowest BCUT2D eigenvalue weighted by molar-refractivity contribution is -0.163. The first-order valence-corrected chi connectivity index (χ1v) is 6.57. The maximum absolute atomic E-state index is 12.3. The zero-order valence-electron chi connectivity index (χ0n) is 11.6. The lowest BCUT2D eigenvalue weighted by Crippen LogP contribution is -2.44. The Morgan fingerprint density at radius 3 is 2.47 bits per heavy atom. The number of carbonyl (C=O) groups is 1. The minimum absolute atomic E-state index is 0.00384. The highest BCUT2D eigenvalue weighted by atomic mass is 16.5. The normalized spacial score (nSPS) is 21.2. The van der Waals surface area contributed by atoms with E-state index in [2.05, 4.69) is 12.2 Å². The van der Waals surface area contributed by atoms with Gasteiger partial charge in [0.05, 0.1) is 5.41 Å². The molecule has 1 aliphatic heterocycles. The number of hydrogen-bond acceptors (Lipinski definition) is 4. The summed E-state index contributed by atoms with van der Waals surface area (Å²) in [7, 11) is 3.98. The summed E-state index contributed by atoms with van der Waals surface area (Å²) in [5, 5.41) is 3.30. The Kier molecular flexibility index (Phi) is 5.40. The second-order valence-electron chi connectivity index (χ2n) is 5.36. The van der Waals surface area contributed by atoms with Crippen molar-refractivity contribution in [1.82, 2.24) is 10.2 Å². The molecule has 0 spiro atoms. The van der Waals surface area contributed by atoms with Gasteiger partial charge in [-0.2, -0.15) is 0 Å². The third-order valence-electron chi connectivity index (χ3n) is 3.60. The van der Waals surface area contributed by atoms with E-state index < -0.39 is 0 Å². The van der Waals surface area contributed by atoms with E-state index in [0.717, 1.165) is 38.9 Å². The molecule has 100 valence electrons. The second kappa shape index (κ2) is 6.36. The lowest BCUT2D eigenvalue weighted by atomic mass is 9.77. The van der Waals surface area contributed by atoms with Crippen molar-refractivity contribution in [2.45, 2.75) is 39.2 Å². The Labute approximate surface area is 105 Å². The van der Waals surface area contributed by atoms with Crippen molar-refractivity contribution in [3.63, 3.8) is 0 Å². The maximum atomic E-state index is 12.3. The second-order valence-corrected chi connectivity index (χ2v) is 5.36. The summed E-state index contributed by atoms with van der Waals surface area (Å²) in [5.41, 5.74) is -0.244. The summed E-state index contributed by atoms with van der Waals surface area (Å²) in [6.45, 7) is 6.67. The first kappa shape index (κ1) is 14.5. The highest BCUT2D eigenvalue weighted by Gasteiger charge is 2.39. The maximum Gasteiger partial charge on any atom is 0.312 e. The minimum Gasteiger partial charge on any atom is -0.461 e. The Bertz CT molecular complexity index is 248. The van der Waals surface area contributed by atoms with Gasteiger partial charge >= 0.3 is 5.97 Å². The van der Waals surface area contributed by atoms with Crippen molar-refractivity contribution in [1.29, 1.82) is 0 Å². The molecular weight excluding hydrogens is 216 g/mol. The molecule has 0 amide bonds. The van der Waals surface area contributed by atoms with Gasteiger partial charge in [0, 0.05) is 6.54 Å². The molecule has 0 aliphatic carbocycles. The molecular formula is C13H26N2O2. The van der Waals surface area contributed by atoms with E-state index in [4.69, 9.17) is 4.74 Å². The molecule has 0 radical (unpaired) electrons. The van der Waals surface area contributed by atoms with Gasteiger partial charge < -0.3 is 15.0 Å². The molecule has 1 atom stereocenters. The summed E-state index contributed by atoms with van der Waals surface area (Å²) in [5.74, 6) is -0.00384. The van der Waals surface area contributed by atoms with Crippen LogP contribution in [0.25, 0.3) is 0 Å². The lowest BCUT2D eigenvalue weighted by Gasteiger charge is -2.35. The van der Waals surface area contributed by atoms with Gasteiger partial charge in [-0.3, -0.25) is 4.79 Å². The smallest absolute Gasteiger partial charge is 0.312 e. The number of nitrogens with zero attached hydrogens (tertiary/aromatic N) is 1. The predicted molar refractivity (Wildman–Crippen MR) is 68.9 cm³/mol. The Balaban J connectivity index is 2.54. The number of likely N-dealkylation sites (N-methyl/N-ethyl adjacent to an activating group) is 1. The zero-order valence-corrected chi connectivity index (χ0v) is 11.6. The largest absolute Gasteiger partial charge is 0.461 e. The summed E-state index contributed by atoms with van der Waals surface area (Å²) in [6, 6.07) is 0. The Morgan fingerprint density at radius 2 is 2.00 bits per heavy atom. The van der Waals surface area contributed by atoms with E-state index in [0.29, 0.717) is 0 Å². The van der Waals surface area contributed by atoms with Gasteiger partial charge in [0.1, 0.15) is 6.10 Å². The predicted octanol–water partition coefficient (Wildman–Crippen LogP) is 1.26. The highest BCUT2D eigenvalue weighted by molar-refractivity contribution is 5.77. The summed E-state index contributed by atoms with van der Waals surface area (Å²) >= 11 is 0. The molecule has 1 fully saturated rings. The van der Waals surface area contributed by atoms with Gasteiger partial charge in [-0.05, 0) is 53.4 Å². The van der Waals surface area contributed by atoms with E-state index >= 15 is 0 Å². The standard InChI is InChI=1S/C13H26N2O2/c1-5-13(6-8-14-9-7-13)12(16)17-11(2)10-15(3)4/h11,14H,5-10H2,1-4H3. The molecule has 1 N–H and O–H groups in total. The van der Waals surface area contributed by atoms with Crippen molar-refractivity contribution >= 4 is 5.97 Å². The molecule has 4 nitrogen and oxygen atoms in total. The van der Waals surface area contributed by atoms with Crippen molar-refractivity contribution in [2.24, 2.45) is 5.41 Å². The van der Waals surface area contributed by atoms with Crippen LogP contribution in [0.2, 0.25) is 0 Å². The third-order valence-corrected chi connectivity index (χ3v) is 3.60. The van der Waals surface area contributed by atoms with Gasteiger partial charge in [0.25, 0.3) is 0 Å². The average molecular weight is 242 g/mol. The van der Waals surface area contributed by atoms with Crippen LogP contribution in [0.5, 0.6) is 0 Å². The van der Waals surface area contributed by atoms with Gasteiger partial charge in [0.15, 0.2) is 0 Å². The SMILES string of the molecule is CCC1(C(=O)OC(C)CN(C)C)CCNCC1. The van der Waals surface area contributed by atoms with Crippen LogP contribution in [0.4, 0.5) is 0 Å². The van der Waals surface area contributed by atoms with Crippen molar-refractivity contribution in [3.05, 3.63) is 0 Å². The van der Waals surface area contributed by atoms with E-state index in [1.807, 2.05) is 25.9 Å². The fourth-order valence-corrected chi connectivity index (χ4v) is 2.47. The van der Waals surface area contributed by atoms with Crippen LogP contribution < -0.4 is 5.32 Å². The van der Waals surface area contributed by atoms with E-state index in [1.54, 1.807) is 0 Å². The summed E-state index contributed by atoms with van der Waals surface area (Å²) in [6.07, 6.45) is 2.65. The molecule has 0 saturated carbocycles. The summed E-state index contributed by atoms with van der Waals surface area (Å²) < 4.78 is 5.59. The monoisotopic (exact) mass is 242 g/mol. The molecule has 0 aromatic carbocycles. The molecule has 1 unspecified atom stereocenters. The van der Waals surface area contributed by atoms with Crippen LogP contribution in [0.1, 0.15) is 33.1 Å². The van der Waals surface area contributed by atoms with Gasteiger partial charge in [-0.1, -0.05) is 6.92 Å². The van der Waals surface area contributed by atoms with Gasteiger partial charge in [-0.15, -0.1) is 0 Å². The molecule has 1 rings (SSSR count). The molecule has 1 aliphatic rings. The quantitative estimate of drug-likeness (QED) is 0.737. The van der Waals surface area contributed by atoms with Gasteiger partial charge in [-0.25, -0.2) is 0 Å². The van der Waals surface area contributed by atoms with Crippen molar-refractivity contribution < 1.29 is 9.53 Å². The van der Waals surface area contributed by atoms with Crippen LogP contribution in [0.15, 0.2) is 0 Å². The molecule has 0 aromatic heterocycles. The third kappa shape index (κ3) is 3.96. The van der Waals surface area contributed by atoms with Gasteiger partial charge in [0.2, 0.25) is 0 Å². The molecule has 4 heteroatoms. The first-order chi connectivity index (χ1) is 8.00. The van der Waals surface area contributed by atoms with Crippen LogP contribution in [0, 0.1) is 5.41 Å².